The number of hydrogen-bond acceptors (Lipinski definition) is 5. The summed E-state index contributed by atoms with van der Waals surface area (Å²) in [7, 11) is 1.19. The molecule has 0 amide bonds. The van der Waals surface area contributed by atoms with E-state index >= 15 is 0 Å². The van der Waals surface area contributed by atoms with E-state index in [1.807, 2.05) is 0 Å². The number of ketones is 1. The Morgan fingerprint density at radius 3 is 2.47 bits per heavy atom. The van der Waals surface area contributed by atoms with Gasteiger partial charge >= 0.3 is 11.9 Å². The van der Waals surface area contributed by atoms with Gasteiger partial charge in [0.15, 0.2) is 5.78 Å². The summed E-state index contributed by atoms with van der Waals surface area (Å²) in [6, 6.07) is 6.18. The average Bonchev–Trinajstić information content (AvgIpc) is 2.28. The predicted octanol–water partition coefficient (Wildman–Crippen LogP) is 1.36. The Hall–Kier alpha value is -2.17. The maximum Gasteiger partial charge on any atom is 0.322 e. The summed E-state index contributed by atoms with van der Waals surface area (Å²) in [6.07, 6.45) is -0.458. The summed E-state index contributed by atoms with van der Waals surface area (Å²) >= 11 is 0. The number of Topliss-reactive ketones (excluding diaryl/α,β-unsaturated/α-hetero) is 1. The lowest BCUT2D eigenvalue weighted by Crippen LogP contribution is -2.15. The Balaban J connectivity index is 2.68. The van der Waals surface area contributed by atoms with Crippen molar-refractivity contribution in [1.29, 1.82) is 0 Å². The molecule has 0 aromatic heterocycles. The molecule has 0 spiro atoms. The normalized spacial score (nSPS) is 9.53. The van der Waals surface area contributed by atoms with E-state index < -0.39 is 18.4 Å². The highest BCUT2D eigenvalue weighted by atomic mass is 16.5. The van der Waals surface area contributed by atoms with Crippen molar-refractivity contribution in [2.45, 2.75) is 13.3 Å². The Bertz CT molecular complexity index is 450. The van der Waals surface area contributed by atoms with Crippen molar-refractivity contribution in [3.63, 3.8) is 0 Å². The van der Waals surface area contributed by atoms with Crippen LogP contribution in [0.5, 0.6) is 5.75 Å². The highest BCUT2D eigenvalue weighted by Crippen LogP contribution is 2.14. The number of hydrogen-bond donors (Lipinski definition) is 0. The van der Waals surface area contributed by atoms with E-state index in [1.54, 1.807) is 12.1 Å². The summed E-state index contributed by atoms with van der Waals surface area (Å²) < 4.78 is 9.21. The fraction of sp³-hybridized carbons (Fsp3) is 0.250. The summed E-state index contributed by atoms with van der Waals surface area (Å²) in [5.74, 6) is -1.29. The topological polar surface area (TPSA) is 69.7 Å². The van der Waals surface area contributed by atoms with Crippen molar-refractivity contribution in [3.05, 3.63) is 29.8 Å². The molecule has 1 rings (SSSR count). The highest BCUT2D eigenvalue weighted by Gasteiger charge is 2.12. The molecule has 1 aromatic carbocycles. The first kappa shape index (κ1) is 12.9. The van der Waals surface area contributed by atoms with Crippen molar-refractivity contribution < 1.29 is 23.9 Å². The third-order valence-electron chi connectivity index (χ3n) is 1.99. The molecule has 0 aliphatic carbocycles. The highest BCUT2D eigenvalue weighted by molar-refractivity contribution is 5.95. The molecule has 0 saturated carbocycles. The van der Waals surface area contributed by atoms with Crippen molar-refractivity contribution in [3.8, 4) is 5.75 Å². The Labute approximate surface area is 98.3 Å². The predicted molar refractivity (Wildman–Crippen MR) is 58.7 cm³/mol. The van der Waals surface area contributed by atoms with Gasteiger partial charge in [0.25, 0.3) is 0 Å². The summed E-state index contributed by atoms with van der Waals surface area (Å²) in [5.41, 5.74) is 0.438. The van der Waals surface area contributed by atoms with E-state index in [0.29, 0.717) is 5.56 Å². The lowest BCUT2D eigenvalue weighted by Gasteiger charge is -2.04. The maximum absolute atomic E-state index is 11.3. The standard InChI is InChI=1S/C12H12O5/c1-8(13)9-4-3-5-10(6-9)17-12(15)7-11(14)16-2/h3-6H,7H2,1-2H3. The zero-order valence-corrected chi connectivity index (χ0v) is 9.56. The largest absolute Gasteiger partial charge is 0.469 e. The van der Waals surface area contributed by atoms with Gasteiger partial charge in [0.1, 0.15) is 12.2 Å². The van der Waals surface area contributed by atoms with Crippen LogP contribution in [0.15, 0.2) is 24.3 Å². The number of methoxy groups -OCH3 is 1. The zero-order valence-electron chi connectivity index (χ0n) is 9.56. The van der Waals surface area contributed by atoms with E-state index in [0.717, 1.165) is 0 Å². The van der Waals surface area contributed by atoms with Crippen LogP contribution in [0.25, 0.3) is 0 Å². The van der Waals surface area contributed by atoms with E-state index in [1.165, 1.54) is 26.2 Å². The molecule has 0 N–H and O–H groups in total. The molecular weight excluding hydrogens is 224 g/mol. The quantitative estimate of drug-likeness (QED) is 0.341. The third-order valence-corrected chi connectivity index (χ3v) is 1.99. The molecule has 0 aliphatic heterocycles. The molecule has 0 fully saturated rings. The number of rotatable bonds is 4. The van der Waals surface area contributed by atoms with E-state index in [9.17, 15) is 14.4 Å². The fourth-order valence-corrected chi connectivity index (χ4v) is 1.14. The molecule has 0 saturated heterocycles. The van der Waals surface area contributed by atoms with Crippen LogP contribution in [0, 0.1) is 0 Å². The average molecular weight is 236 g/mol. The minimum absolute atomic E-state index is 0.129. The molecule has 0 aliphatic rings. The molecule has 1 aromatic rings. The molecule has 5 heteroatoms. The summed E-state index contributed by atoms with van der Waals surface area (Å²) in [5, 5.41) is 0. The van der Waals surface area contributed by atoms with Crippen LogP contribution in [0.3, 0.4) is 0 Å². The van der Waals surface area contributed by atoms with Crippen LogP contribution < -0.4 is 4.74 Å². The molecule has 0 bridgehead atoms. The lowest BCUT2D eigenvalue weighted by molar-refractivity contribution is -0.148. The second-order valence-corrected chi connectivity index (χ2v) is 3.31. The van der Waals surface area contributed by atoms with Crippen molar-refractivity contribution >= 4 is 17.7 Å². The Kier molecular flexibility index (Phi) is 4.39. The van der Waals surface area contributed by atoms with E-state index in [-0.39, 0.29) is 11.5 Å². The van der Waals surface area contributed by atoms with Gasteiger partial charge in [-0.05, 0) is 19.1 Å². The molecule has 90 valence electrons. The molecule has 5 nitrogen and oxygen atoms in total. The number of benzene rings is 1. The molecule has 17 heavy (non-hydrogen) atoms. The summed E-state index contributed by atoms with van der Waals surface area (Å²) in [6.45, 7) is 1.41. The second kappa shape index (κ2) is 5.79. The first-order chi connectivity index (χ1) is 8.02. The zero-order chi connectivity index (χ0) is 12.8. The van der Waals surface area contributed by atoms with E-state index in [2.05, 4.69) is 4.74 Å². The van der Waals surface area contributed by atoms with Crippen LogP contribution in [-0.4, -0.2) is 24.8 Å². The Morgan fingerprint density at radius 1 is 1.18 bits per heavy atom. The van der Waals surface area contributed by atoms with E-state index in [4.69, 9.17) is 4.74 Å². The second-order valence-electron chi connectivity index (χ2n) is 3.31. The minimum Gasteiger partial charge on any atom is -0.469 e. The lowest BCUT2D eigenvalue weighted by atomic mass is 10.1. The number of carbonyl (C=O) groups is 3. The van der Waals surface area contributed by atoms with Gasteiger partial charge in [0.05, 0.1) is 7.11 Å². The maximum atomic E-state index is 11.3. The number of ether oxygens (including phenoxy) is 2. The first-order valence-electron chi connectivity index (χ1n) is 4.91. The van der Waals surface area contributed by atoms with Crippen LogP contribution in [0.1, 0.15) is 23.7 Å². The van der Waals surface area contributed by atoms with Crippen LogP contribution in [0.2, 0.25) is 0 Å². The van der Waals surface area contributed by atoms with Crippen molar-refractivity contribution in [2.75, 3.05) is 7.11 Å². The van der Waals surface area contributed by atoms with Gasteiger partial charge in [0.2, 0.25) is 0 Å². The fourth-order valence-electron chi connectivity index (χ4n) is 1.14. The molecule has 0 atom stereocenters. The summed E-state index contributed by atoms with van der Waals surface area (Å²) in [4.78, 5) is 33.2. The van der Waals surface area contributed by atoms with Gasteiger partial charge in [0, 0.05) is 5.56 Å². The molecule has 0 unspecified atom stereocenters. The van der Waals surface area contributed by atoms with Gasteiger partial charge in [-0.25, -0.2) is 0 Å². The van der Waals surface area contributed by atoms with Gasteiger partial charge in [-0.1, -0.05) is 12.1 Å². The minimum atomic E-state index is -0.724. The van der Waals surface area contributed by atoms with Crippen molar-refractivity contribution in [2.24, 2.45) is 0 Å². The number of esters is 2. The monoisotopic (exact) mass is 236 g/mol. The van der Waals surface area contributed by atoms with Gasteiger partial charge in [-0.2, -0.15) is 0 Å². The third kappa shape index (κ3) is 4.06. The van der Waals surface area contributed by atoms with Crippen LogP contribution >= 0.6 is 0 Å². The van der Waals surface area contributed by atoms with Gasteiger partial charge in [-0.15, -0.1) is 0 Å². The molecule has 0 heterocycles. The van der Waals surface area contributed by atoms with Gasteiger partial charge < -0.3 is 9.47 Å². The van der Waals surface area contributed by atoms with Crippen molar-refractivity contribution in [1.82, 2.24) is 0 Å². The SMILES string of the molecule is COC(=O)CC(=O)Oc1cccc(C(C)=O)c1. The number of carbonyl (C=O) groups excluding carboxylic acids is 3. The first-order valence-corrected chi connectivity index (χ1v) is 4.91. The molecule has 0 radical (unpaired) electrons. The smallest absolute Gasteiger partial charge is 0.322 e. The molecular formula is C12H12O5. The van der Waals surface area contributed by atoms with Crippen LogP contribution in [0.4, 0.5) is 0 Å². The van der Waals surface area contributed by atoms with Crippen LogP contribution in [-0.2, 0) is 14.3 Å². The Morgan fingerprint density at radius 2 is 1.88 bits per heavy atom. The van der Waals surface area contributed by atoms with Gasteiger partial charge in [-0.3, -0.25) is 14.4 Å².